The second-order valence-corrected chi connectivity index (χ2v) is 13.9. The van der Waals surface area contributed by atoms with Crippen molar-refractivity contribution < 1.29 is 8.78 Å². The summed E-state index contributed by atoms with van der Waals surface area (Å²) >= 11 is 0. The van der Waals surface area contributed by atoms with Crippen molar-refractivity contribution in [2.24, 2.45) is 0 Å². The highest BCUT2D eigenvalue weighted by atomic mass is 19.1. The van der Waals surface area contributed by atoms with Crippen LogP contribution in [0.2, 0.25) is 0 Å². The molecule has 0 spiro atoms. The largest absolute Gasteiger partial charge is 0.309 e. The first-order valence-corrected chi connectivity index (χ1v) is 18.3. The molecule has 3 aromatic heterocycles. The minimum absolute atomic E-state index is 0.366. The summed E-state index contributed by atoms with van der Waals surface area (Å²) in [7, 11) is 0. The second-order valence-electron chi connectivity index (χ2n) is 13.9. The molecule has 11 aromatic rings. The number of aromatic nitrogens is 4. The average molecular weight is 713 g/mol. The SMILES string of the molecule is Fc1ccc2c(c1)c1cc(F)ccc1n2-c1cc(-c2cccc(-n3c(-c4ccccc4)nc4ccccc43)c2)cc(-n2c3ccccc3c3ccccc32)c1. The van der Waals surface area contributed by atoms with Crippen LogP contribution >= 0.6 is 0 Å². The van der Waals surface area contributed by atoms with Crippen molar-refractivity contribution >= 4 is 54.6 Å². The molecule has 0 fully saturated rings. The third-order valence-electron chi connectivity index (χ3n) is 10.7. The zero-order chi connectivity index (χ0) is 36.6. The van der Waals surface area contributed by atoms with E-state index in [9.17, 15) is 8.78 Å². The number of hydrogen-bond donors (Lipinski definition) is 0. The van der Waals surface area contributed by atoms with Crippen LogP contribution in [0.5, 0.6) is 0 Å². The molecule has 0 N–H and O–H groups in total. The van der Waals surface area contributed by atoms with Crippen LogP contribution in [0.25, 0.3) is 94.2 Å². The first kappa shape index (κ1) is 31.2. The van der Waals surface area contributed by atoms with Gasteiger partial charge < -0.3 is 9.13 Å². The molecule has 3 heterocycles. The van der Waals surface area contributed by atoms with Crippen molar-refractivity contribution in [3.05, 3.63) is 194 Å². The summed E-state index contributed by atoms with van der Waals surface area (Å²) in [5, 5.41) is 3.63. The number of nitrogens with zero attached hydrogens (tertiary/aromatic N) is 4. The Hall–Kier alpha value is -7.31. The molecule has 11 rings (SSSR count). The van der Waals surface area contributed by atoms with E-state index in [1.54, 1.807) is 12.1 Å². The van der Waals surface area contributed by atoms with Gasteiger partial charge in [0.15, 0.2) is 0 Å². The molecule has 0 amide bonds. The Labute approximate surface area is 314 Å². The van der Waals surface area contributed by atoms with Crippen molar-refractivity contribution in [3.8, 4) is 39.6 Å². The van der Waals surface area contributed by atoms with Crippen LogP contribution in [0.3, 0.4) is 0 Å². The molecule has 4 nitrogen and oxygen atoms in total. The van der Waals surface area contributed by atoms with Gasteiger partial charge >= 0.3 is 0 Å². The van der Waals surface area contributed by atoms with E-state index in [-0.39, 0.29) is 11.6 Å². The fourth-order valence-electron chi connectivity index (χ4n) is 8.36. The molecule has 6 heteroatoms. The summed E-state index contributed by atoms with van der Waals surface area (Å²) in [6, 6.07) is 60.1. The summed E-state index contributed by atoms with van der Waals surface area (Å²) < 4.78 is 36.2. The third kappa shape index (κ3) is 4.92. The summed E-state index contributed by atoms with van der Waals surface area (Å²) in [5.74, 6) is 0.131. The first-order valence-electron chi connectivity index (χ1n) is 18.3. The van der Waals surface area contributed by atoms with Crippen LogP contribution in [0.15, 0.2) is 182 Å². The number of rotatable bonds is 5. The molecule has 0 saturated heterocycles. The smallest absolute Gasteiger partial charge is 0.145 e. The van der Waals surface area contributed by atoms with Crippen LogP contribution in [0.1, 0.15) is 0 Å². The number of imidazole rings is 1. The molecule has 0 aliphatic carbocycles. The van der Waals surface area contributed by atoms with Gasteiger partial charge in [-0.25, -0.2) is 13.8 Å². The van der Waals surface area contributed by atoms with Crippen molar-refractivity contribution in [1.82, 2.24) is 18.7 Å². The Morgan fingerprint density at radius 1 is 0.327 bits per heavy atom. The molecule has 260 valence electrons. The van der Waals surface area contributed by atoms with E-state index in [1.165, 1.54) is 24.3 Å². The maximum Gasteiger partial charge on any atom is 0.145 e. The zero-order valence-corrected chi connectivity index (χ0v) is 29.4. The molecule has 0 saturated carbocycles. The summed E-state index contributed by atoms with van der Waals surface area (Å²) in [6.45, 7) is 0. The van der Waals surface area contributed by atoms with E-state index in [2.05, 4.69) is 123 Å². The predicted octanol–water partition coefficient (Wildman–Crippen LogP) is 12.8. The van der Waals surface area contributed by atoms with Gasteiger partial charge in [-0.3, -0.25) is 4.57 Å². The van der Waals surface area contributed by atoms with Gasteiger partial charge in [-0.2, -0.15) is 0 Å². The van der Waals surface area contributed by atoms with Crippen LogP contribution in [-0.4, -0.2) is 18.7 Å². The van der Waals surface area contributed by atoms with E-state index < -0.39 is 0 Å². The predicted molar refractivity (Wildman–Crippen MR) is 221 cm³/mol. The fourth-order valence-corrected chi connectivity index (χ4v) is 8.36. The van der Waals surface area contributed by atoms with Gasteiger partial charge in [0.2, 0.25) is 0 Å². The van der Waals surface area contributed by atoms with E-state index in [0.717, 1.165) is 83.4 Å². The maximum atomic E-state index is 14.8. The molecular formula is C49H30F2N4. The minimum Gasteiger partial charge on any atom is -0.309 e. The third-order valence-corrected chi connectivity index (χ3v) is 10.7. The van der Waals surface area contributed by atoms with Gasteiger partial charge in [-0.05, 0) is 102 Å². The van der Waals surface area contributed by atoms with Gasteiger partial charge in [-0.15, -0.1) is 0 Å². The fraction of sp³-hybridized carbons (Fsp3) is 0. The van der Waals surface area contributed by atoms with E-state index in [0.29, 0.717) is 10.8 Å². The topological polar surface area (TPSA) is 27.7 Å². The second kappa shape index (κ2) is 12.1. The van der Waals surface area contributed by atoms with E-state index >= 15 is 0 Å². The lowest BCUT2D eigenvalue weighted by Crippen LogP contribution is -2.01. The zero-order valence-electron chi connectivity index (χ0n) is 29.4. The molecule has 55 heavy (non-hydrogen) atoms. The van der Waals surface area contributed by atoms with Gasteiger partial charge in [0.25, 0.3) is 0 Å². The van der Waals surface area contributed by atoms with Crippen LogP contribution < -0.4 is 0 Å². The maximum absolute atomic E-state index is 14.8. The lowest BCUT2D eigenvalue weighted by Gasteiger charge is -2.17. The summed E-state index contributed by atoms with van der Waals surface area (Å²) in [6.07, 6.45) is 0. The lowest BCUT2D eigenvalue weighted by molar-refractivity contribution is 0.628. The van der Waals surface area contributed by atoms with Crippen molar-refractivity contribution in [2.75, 3.05) is 0 Å². The van der Waals surface area contributed by atoms with Crippen LogP contribution in [0, 0.1) is 11.6 Å². The quantitative estimate of drug-likeness (QED) is 0.175. The Balaban J connectivity index is 1.20. The van der Waals surface area contributed by atoms with Crippen LogP contribution in [0.4, 0.5) is 8.78 Å². The monoisotopic (exact) mass is 712 g/mol. The lowest BCUT2D eigenvalue weighted by atomic mass is 10.0. The van der Waals surface area contributed by atoms with Crippen LogP contribution in [-0.2, 0) is 0 Å². The Bertz CT molecular complexity index is 3180. The number of halogens is 2. The standard InChI is InChI=1S/C49H30F2N4/c50-34-21-23-46-41(28-34)42-29-35(51)22-24-47(42)54(46)38-27-33(26-37(30-38)53-44-18-7-4-15-39(44)40-16-5-8-19-45(40)53)32-13-10-14-36(25-32)55-48-20-9-6-17-43(48)52-49(55)31-11-2-1-3-12-31/h1-30H. The molecule has 0 bridgehead atoms. The molecule has 8 aromatic carbocycles. The van der Waals surface area contributed by atoms with Crippen molar-refractivity contribution in [2.45, 2.75) is 0 Å². The molecule has 0 aliphatic rings. The summed E-state index contributed by atoms with van der Waals surface area (Å²) in [5.41, 5.74) is 11.5. The minimum atomic E-state index is -0.366. The summed E-state index contributed by atoms with van der Waals surface area (Å²) in [4.78, 5) is 5.09. The normalized spacial score (nSPS) is 11.8. The van der Waals surface area contributed by atoms with E-state index in [1.807, 2.05) is 36.4 Å². The molecule has 0 atom stereocenters. The average Bonchev–Trinajstić information content (AvgIpc) is 3.89. The highest BCUT2D eigenvalue weighted by Gasteiger charge is 2.19. The van der Waals surface area contributed by atoms with Gasteiger partial charge in [0.1, 0.15) is 17.5 Å². The first-order chi connectivity index (χ1) is 27.1. The number of para-hydroxylation sites is 4. The highest BCUT2D eigenvalue weighted by Crippen LogP contribution is 2.39. The Morgan fingerprint density at radius 2 is 0.836 bits per heavy atom. The van der Waals surface area contributed by atoms with E-state index in [4.69, 9.17) is 4.98 Å². The molecule has 0 unspecified atom stereocenters. The van der Waals surface area contributed by atoms with Crippen molar-refractivity contribution in [1.29, 1.82) is 0 Å². The Kier molecular flexibility index (Phi) is 6.88. The van der Waals surface area contributed by atoms with Crippen molar-refractivity contribution in [3.63, 3.8) is 0 Å². The highest BCUT2D eigenvalue weighted by molar-refractivity contribution is 6.10. The van der Waals surface area contributed by atoms with Gasteiger partial charge in [-0.1, -0.05) is 91.0 Å². The van der Waals surface area contributed by atoms with Gasteiger partial charge in [0.05, 0.1) is 33.1 Å². The Morgan fingerprint density at radius 3 is 1.47 bits per heavy atom. The molecular weight excluding hydrogens is 683 g/mol. The molecule has 0 radical (unpaired) electrons. The van der Waals surface area contributed by atoms with Gasteiger partial charge in [0, 0.05) is 44.2 Å². The number of hydrogen-bond acceptors (Lipinski definition) is 1. The number of fused-ring (bicyclic) bond motifs is 7. The number of benzene rings is 8. The molecule has 0 aliphatic heterocycles.